The molecule has 1 aliphatic rings. The van der Waals surface area contributed by atoms with Crippen molar-refractivity contribution >= 4 is 11.6 Å². The molecule has 148 valence electrons. The molecule has 2 aromatic rings. The lowest BCUT2D eigenvalue weighted by Crippen LogP contribution is -2.46. The molecule has 0 bridgehead atoms. The topological polar surface area (TPSA) is 42.9 Å². The lowest BCUT2D eigenvalue weighted by molar-refractivity contribution is 0.249. The van der Waals surface area contributed by atoms with E-state index < -0.39 is 0 Å². The first-order valence-electron chi connectivity index (χ1n) is 9.94. The van der Waals surface area contributed by atoms with Crippen molar-refractivity contribution in [3.63, 3.8) is 0 Å². The molecule has 0 unspecified atom stereocenters. The summed E-state index contributed by atoms with van der Waals surface area (Å²) in [5.74, 6) is 0.797. The first kappa shape index (κ1) is 20.0. The summed E-state index contributed by atoms with van der Waals surface area (Å²) in [5.41, 5.74) is 4.02. The second kappa shape index (κ2) is 10.5. The van der Waals surface area contributed by atoms with Crippen molar-refractivity contribution < 1.29 is 0 Å². The van der Waals surface area contributed by atoms with Crippen LogP contribution in [0.15, 0.2) is 72.2 Å². The van der Waals surface area contributed by atoms with Gasteiger partial charge < -0.3 is 15.5 Å². The predicted octanol–water partition coefficient (Wildman–Crippen LogP) is 2.86. The maximum absolute atomic E-state index is 4.25. The minimum Gasteiger partial charge on any atom is -0.369 e. The summed E-state index contributed by atoms with van der Waals surface area (Å²) in [7, 11) is 1.79. The number of hydrogen-bond donors (Lipinski definition) is 2. The van der Waals surface area contributed by atoms with Crippen LogP contribution in [-0.2, 0) is 13.1 Å². The second-order valence-corrected chi connectivity index (χ2v) is 6.96. The first-order chi connectivity index (χ1) is 13.8. The predicted molar refractivity (Wildman–Crippen MR) is 119 cm³/mol. The number of aliphatic imine (C=N–C) groups is 1. The van der Waals surface area contributed by atoms with Crippen LogP contribution in [0.5, 0.6) is 0 Å². The number of anilines is 1. The van der Waals surface area contributed by atoms with E-state index in [4.69, 9.17) is 0 Å². The van der Waals surface area contributed by atoms with Crippen LogP contribution in [0.4, 0.5) is 5.69 Å². The Kier molecular flexibility index (Phi) is 7.50. The molecule has 3 rings (SSSR count). The van der Waals surface area contributed by atoms with Gasteiger partial charge in [-0.05, 0) is 23.3 Å². The number of hydrogen-bond acceptors (Lipinski definition) is 3. The fraction of sp³-hybridized carbons (Fsp3) is 0.348. The summed E-state index contributed by atoms with van der Waals surface area (Å²) in [6.07, 6.45) is 1.83. The summed E-state index contributed by atoms with van der Waals surface area (Å²) in [6.45, 7) is 10.5. The average Bonchev–Trinajstić information content (AvgIpc) is 2.76. The number of guanidine groups is 1. The molecular weight excluding hydrogens is 346 g/mol. The van der Waals surface area contributed by atoms with Gasteiger partial charge in [-0.25, -0.2) is 0 Å². The average molecular weight is 378 g/mol. The van der Waals surface area contributed by atoms with Crippen molar-refractivity contribution in [2.24, 2.45) is 4.99 Å². The Morgan fingerprint density at radius 1 is 0.964 bits per heavy atom. The number of nitrogens with one attached hydrogen (secondary N) is 2. The Morgan fingerprint density at radius 2 is 1.64 bits per heavy atom. The van der Waals surface area contributed by atoms with E-state index >= 15 is 0 Å². The Bertz CT molecular complexity index is 764. The molecule has 1 heterocycles. The fourth-order valence-electron chi connectivity index (χ4n) is 3.50. The SMILES string of the molecule is C=CCNC(=NC)NCc1ccccc1CN1CCN(c2ccccc2)CC1. The van der Waals surface area contributed by atoms with Crippen molar-refractivity contribution in [3.05, 3.63) is 78.4 Å². The standard InChI is InChI=1S/C23H31N5/c1-3-13-25-23(24-2)26-18-20-9-7-8-10-21(20)19-27-14-16-28(17-15-27)22-11-5-4-6-12-22/h3-12H,1,13-19H2,2H3,(H2,24,25,26). The second-order valence-electron chi connectivity index (χ2n) is 6.96. The van der Waals surface area contributed by atoms with Gasteiger partial charge in [-0.15, -0.1) is 6.58 Å². The minimum absolute atomic E-state index is 0.701. The quantitative estimate of drug-likeness (QED) is 0.442. The molecule has 0 saturated carbocycles. The van der Waals surface area contributed by atoms with Crippen molar-refractivity contribution in [2.45, 2.75) is 13.1 Å². The smallest absolute Gasteiger partial charge is 0.191 e. The van der Waals surface area contributed by atoms with Gasteiger partial charge in [-0.1, -0.05) is 48.5 Å². The van der Waals surface area contributed by atoms with Gasteiger partial charge in [-0.3, -0.25) is 9.89 Å². The molecule has 1 saturated heterocycles. The number of nitrogens with zero attached hydrogens (tertiary/aromatic N) is 3. The zero-order chi connectivity index (χ0) is 19.6. The van der Waals surface area contributed by atoms with E-state index in [1.54, 1.807) is 7.05 Å². The monoisotopic (exact) mass is 377 g/mol. The summed E-state index contributed by atoms with van der Waals surface area (Å²) in [5, 5.41) is 6.61. The lowest BCUT2D eigenvalue weighted by atomic mass is 10.1. The van der Waals surface area contributed by atoms with E-state index in [-0.39, 0.29) is 0 Å². The largest absolute Gasteiger partial charge is 0.369 e. The van der Waals surface area contributed by atoms with Crippen LogP contribution in [-0.4, -0.2) is 50.6 Å². The van der Waals surface area contributed by atoms with E-state index in [9.17, 15) is 0 Å². The van der Waals surface area contributed by atoms with Gasteiger partial charge in [0.05, 0.1) is 0 Å². The zero-order valence-corrected chi connectivity index (χ0v) is 16.8. The van der Waals surface area contributed by atoms with Crippen LogP contribution >= 0.6 is 0 Å². The van der Waals surface area contributed by atoms with Crippen molar-refractivity contribution in [1.82, 2.24) is 15.5 Å². The highest BCUT2D eigenvalue weighted by Gasteiger charge is 2.18. The van der Waals surface area contributed by atoms with Gasteiger partial charge in [0, 0.05) is 58.5 Å². The summed E-state index contributed by atoms with van der Waals surface area (Å²) < 4.78 is 0. The van der Waals surface area contributed by atoms with Crippen LogP contribution in [0.3, 0.4) is 0 Å². The van der Waals surface area contributed by atoms with Crippen LogP contribution in [0.2, 0.25) is 0 Å². The fourth-order valence-corrected chi connectivity index (χ4v) is 3.50. The summed E-state index contributed by atoms with van der Waals surface area (Å²) in [4.78, 5) is 9.27. The minimum atomic E-state index is 0.701. The van der Waals surface area contributed by atoms with E-state index in [1.165, 1.54) is 16.8 Å². The Balaban J connectivity index is 1.54. The molecule has 5 heteroatoms. The summed E-state index contributed by atoms with van der Waals surface area (Å²) >= 11 is 0. The van der Waals surface area contributed by atoms with Gasteiger partial charge in [0.25, 0.3) is 0 Å². The molecule has 1 fully saturated rings. The molecule has 0 radical (unpaired) electrons. The van der Waals surface area contributed by atoms with E-state index in [0.29, 0.717) is 6.54 Å². The van der Waals surface area contributed by atoms with Crippen molar-refractivity contribution in [1.29, 1.82) is 0 Å². The number of rotatable bonds is 7. The van der Waals surface area contributed by atoms with Crippen LogP contribution in [0.1, 0.15) is 11.1 Å². The normalized spacial score (nSPS) is 15.3. The Labute approximate surface area is 168 Å². The first-order valence-corrected chi connectivity index (χ1v) is 9.94. The molecule has 28 heavy (non-hydrogen) atoms. The third-order valence-corrected chi connectivity index (χ3v) is 5.09. The van der Waals surface area contributed by atoms with Crippen LogP contribution < -0.4 is 15.5 Å². The van der Waals surface area contributed by atoms with Crippen LogP contribution in [0, 0.1) is 0 Å². The molecule has 1 aliphatic heterocycles. The van der Waals surface area contributed by atoms with E-state index in [0.717, 1.165) is 45.2 Å². The Morgan fingerprint density at radius 3 is 2.32 bits per heavy atom. The highest BCUT2D eigenvalue weighted by Crippen LogP contribution is 2.18. The Hall–Kier alpha value is -2.79. The van der Waals surface area contributed by atoms with Crippen molar-refractivity contribution in [2.75, 3.05) is 44.7 Å². The van der Waals surface area contributed by atoms with Gasteiger partial charge in [0.1, 0.15) is 0 Å². The summed E-state index contributed by atoms with van der Waals surface area (Å²) in [6, 6.07) is 19.4. The third kappa shape index (κ3) is 5.60. The van der Waals surface area contributed by atoms with Crippen LogP contribution in [0.25, 0.3) is 0 Å². The van der Waals surface area contributed by atoms with E-state index in [2.05, 4.69) is 86.6 Å². The van der Waals surface area contributed by atoms with Gasteiger partial charge in [0.2, 0.25) is 0 Å². The molecule has 2 N–H and O–H groups in total. The van der Waals surface area contributed by atoms with E-state index in [1.807, 2.05) is 6.08 Å². The highest BCUT2D eigenvalue weighted by molar-refractivity contribution is 5.79. The zero-order valence-electron chi connectivity index (χ0n) is 16.8. The molecule has 5 nitrogen and oxygen atoms in total. The molecule has 0 spiro atoms. The highest BCUT2D eigenvalue weighted by atomic mass is 15.3. The molecule has 0 aliphatic carbocycles. The molecular formula is C23H31N5. The molecule has 0 aromatic heterocycles. The number of piperazine rings is 1. The van der Waals surface area contributed by atoms with Gasteiger partial charge in [-0.2, -0.15) is 0 Å². The number of para-hydroxylation sites is 1. The molecule has 0 atom stereocenters. The third-order valence-electron chi connectivity index (χ3n) is 5.09. The van der Waals surface area contributed by atoms with Crippen molar-refractivity contribution in [3.8, 4) is 0 Å². The maximum atomic E-state index is 4.25. The van der Waals surface area contributed by atoms with Gasteiger partial charge >= 0.3 is 0 Å². The van der Waals surface area contributed by atoms with Gasteiger partial charge in [0.15, 0.2) is 5.96 Å². The lowest BCUT2D eigenvalue weighted by Gasteiger charge is -2.36. The number of benzene rings is 2. The molecule has 0 amide bonds. The molecule has 2 aromatic carbocycles. The maximum Gasteiger partial charge on any atom is 0.191 e.